The van der Waals surface area contributed by atoms with Crippen LogP contribution in [0.15, 0.2) is 53.5 Å². The van der Waals surface area contributed by atoms with E-state index in [2.05, 4.69) is 10.3 Å². The molecule has 0 radical (unpaired) electrons. The Hall–Kier alpha value is -3.02. The quantitative estimate of drug-likeness (QED) is 0.943. The van der Waals surface area contributed by atoms with Gasteiger partial charge < -0.3 is 14.8 Å². The van der Waals surface area contributed by atoms with Crippen LogP contribution in [0.2, 0.25) is 0 Å². The van der Waals surface area contributed by atoms with Crippen LogP contribution < -0.4 is 14.8 Å². The Kier molecular flexibility index (Phi) is 3.78. The number of anilines is 1. The predicted octanol–water partition coefficient (Wildman–Crippen LogP) is 2.62. The van der Waals surface area contributed by atoms with Crippen molar-refractivity contribution in [3.8, 4) is 11.5 Å². The molecule has 0 spiro atoms. The first-order chi connectivity index (χ1) is 11.8. The summed E-state index contributed by atoms with van der Waals surface area (Å²) in [6.07, 6.45) is 0.421. The number of fused-ring (bicyclic) bond motifs is 1. The first-order valence-corrected chi connectivity index (χ1v) is 7.85. The molecule has 6 heteroatoms. The Morgan fingerprint density at radius 2 is 1.92 bits per heavy atom. The summed E-state index contributed by atoms with van der Waals surface area (Å²) in [6, 6.07) is 15.4. The Morgan fingerprint density at radius 1 is 1.08 bits per heavy atom. The van der Waals surface area contributed by atoms with Crippen molar-refractivity contribution < 1.29 is 14.3 Å². The monoisotopic (exact) mass is 323 g/mol. The highest BCUT2D eigenvalue weighted by atomic mass is 16.7. The number of amides is 1. The number of rotatable bonds is 3. The van der Waals surface area contributed by atoms with E-state index < -0.39 is 0 Å². The molecule has 2 aliphatic rings. The third-order valence-electron chi connectivity index (χ3n) is 3.95. The Morgan fingerprint density at radius 3 is 2.79 bits per heavy atom. The largest absolute Gasteiger partial charge is 0.454 e. The topological polar surface area (TPSA) is 63.2 Å². The molecule has 1 amide bonds. The summed E-state index contributed by atoms with van der Waals surface area (Å²) >= 11 is 0. The van der Waals surface area contributed by atoms with Crippen LogP contribution in [0.5, 0.6) is 11.5 Å². The number of guanidine groups is 1. The number of carbonyl (C=O) groups excluding carboxylic acids is 1. The molecule has 0 fully saturated rings. The van der Waals surface area contributed by atoms with Crippen LogP contribution >= 0.6 is 0 Å². The van der Waals surface area contributed by atoms with Crippen molar-refractivity contribution in [1.29, 1.82) is 0 Å². The van der Waals surface area contributed by atoms with Gasteiger partial charge in [0.2, 0.25) is 18.7 Å². The average Bonchev–Trinajstić information content (AvgIpc) is 3.07. The van der Waals surface area contributed by atoms with Gasteiger partial charge in [-0.2, -0.15) is 0 Å². The van der Waals surface area contributed by atoms with Crippen molar-refractivity contribution in [1.82, 2.24) is 4.90 Å². The maximum absolute atomic E-state index is 12.4. The fourth-order valence-electron chi connectivity index (χ4n) is 2.74. The molecule has 0 aromatic heterocycles. The lowest BCUT2D eigenvalue weighted by Crippen LogP contribution is -2.43. The van der Waals surface area contributed by atoms with Gasteiger partial charge in [-0.05, 0) is 29.8 Å². The summed E-state index contributed by atoms with van der Waals surface area (Å²) < 4.78 is 10.7. The van der Waals surface area contributed by atoms with E-state index in [1.807, 2.05) is 48.5 Å². The van der Waals surface area contributed by atoms with E-state index in [0.717, 1.165) is 17.0 Å². The van der Waals surface area contributed by atoms with Crippen molar-refractivity contribution in [3.05, 3.63) is 54.1 Å². The van der Waals surface area contributed by atoms with Crippen LogP contribution in [0.1, 0.15) is 12.0 Å². The molecule has 4 rings (SSSR count). The highest BCUT2D eigenvalue weighted by Crippen LogP contribution is 2.33. The SMILES string of the molecule is O=C1CCN=C(Nc2ccccc2)N1Cc1ccc2c(c1)OCO2. The molecule has 1 N–H and O–H groups in total. The standard InChI is InChI=1S/C18H17N3O3/c22-17-8-9-19-18(20-14-4-2-1-3-5-14)21(17)11-13-6-7-15-16(10-13)24-12-23-15/h1-7,10H,8-9,11-12H2,(H,19,20). The van der Waals surface area contributed by atoms with E-state index in [-0.39, 0.29) is 12.7 Å². The first-order valence-electron chi connectivity index (χ1n) is 7.85. The van der Waals surface area contributed by atoms with Gasteiger partial charge in [-0.1, -0.05) is 24.3 Å². The van der Waals surface area contributed by atoms with E-state index in [0.29, 0.717) is 31.2 Å². The fourth-order valence-corrected chi connectivity index (χ4v) is 2.74. The van der Waals surface area contributed by atoms with E-state index >= 15 is 0 Å². The lowest BCUT2D eigenvalue weighted by atomic mass is 10.1. The van der Waals surface area contributed by atoms with Crippen molar-refractivity contribution in [2.24, 2.45) is 4.99 Å². The molecule has 122 valence electrons. The minimum Gasteiger partial charge on any atom is -0.454 e. The van der Waals surface area contributed by atoms with E-state index in [1.54, 1.807) is 4.90 Å². The molecule has 0 saturated heterocycles. The number of nitrogens with one attached hydrogen (secondary N) is 1. The number of hydrogen-bond donors (Lipinski definition) is 1. The highest BCUT2D eigenvalue weighted by molar-refractivity contribution is 6.05. The number of hydrogen-bond acceptors (Lipinski definition) is 5. The zero-order valence-electron chi connectivity index (χ0n) is 13.1. The second-order valence-corrected chi connectivity index (χ2v) is 5.61. The van der Waals surface area contributed by atoms with Gasteiger partial charge in [0.05, 0.1) is 13.1 Å². The maximum atomic E-state index is 12.4. The van der Waals surface area contributed by atoms with E-state index in [9.17, 15) is 4.79 Å². The molecule has 2 aliphatic heterocycles. The Balaban J connectivity index is 1.56. The number of carbonyl (C=O) groups is 1. The summed E-state index contributed by atoms with van der Waals surface area (Å²) in [4.78, 5) is 18.5. The highest BCUT2D eigenvalue weighted by Gasteiger charge is 2.24. The normalized spacial score (nSPS) is 16.1. The number of para-hydroxylation sites is 1. The summed E-state index contributed by atoms with van der Waals surface area (Å²) in [5.74, 6) is 2.09. The predicted molar refractivity (Wildman–Crippen MR) is 90.1 cm³/mol. The molecule has 2 aromatic carbocycles. The van der Waals surface area contributed by atoms with Gasteiger partial charge in [0.15, 0.2) is 11.5 Å². The van der Waals surface area contributed by atoms with Crippen LogP contribution in [-0.2, 0) is 11.3 Å². The summed E-state index contributed by atoms with van der Waals surface area (Å²) in [6.45, 7) is 1.18. The molecule has 2 heterocycles. The van der Waals surface area contributed by atoms with Crippen molar-refractivity contribution in [3.63, 3.8) is 0 Å². The zero-order chi connectivity index (χ0) is 16.4. The Bertz CT molecular complexity index is 789. The average molecular weight is 323 g/mol. The van der Waals surface area contributed by atoms with Crippen LogP contribution in [-0.4, -0.2) is 30.1 Å². The summed E-state index contributed by atoms with van der Waals surface area (Å²) in [7, 11) is 0. The summed E-state index contributed by atoms with van der Waals surface area (Å²) in [5, 5.41) is 3.23. The van der Waals surface area contributed by atoms with Gasteiger partial charge in [-0.15, -0.1) is 0 Å². The molecular weight excluding hydrogens is 306 g/mol. The fraction of sp³-hybridized carbons (Fsp3) is 0.222. The maximum Gasteiger partial charge on any atom is 0.231 e. The van der Waals surface area contributed by atoms with Gasteiger partial charge in [0.1, 0.15) is 0 Å². The number of nitrogens with zero attached hydrogens (tertiary/aromatic N) is 2. The first kappa shape index (κ1) is 14.6. The number of ether oxygens (including phenoxy) is 2. The molecule has 2 aromatic rings. The van der Waals surface area contributed by atoms with Gasteiger partial charge in [-0.25, -0.2) is 0 Å². The lowest BCUT2D eigenvalue weighted by Gasteiger charge is -2.28. The molecular formula is C18H17N3O3. The molecule has 0 saturated carbocycles. The van der Waals surface area contributed by atoms with Crippen molar-refractivity contribution >= 4 is 17.6 Å². The lowest BCUT2D eigenvalue weighted by molar-refractivity contribution is -0.128. The second-order valence-electron chi connectivity index (χ2n) is 5.61. The molecule has 0 unspecified atom stereocenters. The van der Waals surface area contributed by atoms with Gasteiger partial charge in [-0.3, -0.25) is 14.7 Å². The minimum atomic E-state index is 0.0566. The van der Waals surface area contributed by atoms with Gasteiger partial charge >= 0.3 is 0 Å². The molecule has 24 heavy (non-hydrogen) atoms. The van der Waals surface area contributed by atoms with Crippen LogP contribution in [0.25, 0.3) is 0 Å². The molecule has 0 bridgehead atoms. The molecule has 6 nitrogen and oxygen atoms in total. The molecule has 0 atom stereocenters. The van der Waals surface area contributed by atoms with Crippen LogP contribution in [0, 0.1) is 0 Å². The Labute approximate surface area is 139 Å². The van der Waals surface area contributed by atoms with Crippen molar-refractivity contribution in [2.45, 2.75) is 13.0 Å². The number of aliphatic imine (C=N–C) groups is 1. The smallest absolute Gasteiger partial charge is 0.231 e. The van der Waals surface area contributed by atoms with Crippen LogP contribution in [0.4, 0.5) is 5.69 Å². The van der Waals surface area contributed by atoms with E-state index in [1.165, 1.54) is 0 Å². The van der Waals surface area contributed by atoms with E-state index in [4.69, 9.17) is 9.47 Å². The molecule has 0 aliphatic carbocycles. The van der Waals surface area contributed by atoms with Crippen LogP contribution in [0.3, 0.4) is 0 Å². The minimum absolute atomic E-state index is 0.0566. The van der Waals surface area contributed by atoms with Gasteiger partial charge in [0.25, 0.3) is 0 Å². The number of benzene rings is 2. The van der Waals surface area contributed by atoms with Crippen molar-refractivity contribution in [2.75, 3.05) is 18.7 Å². The van der Waals surface area contributed by atoms with Gasteiger partial charge in [0, 0.05) is 12.1 Å². The third-order valence-corrected chi connectivity index (χ3v) is 3.95. The zero-order valence-corrected chi connectivity index (χ0v) is 13.1. The second kappa shape index (κ2) is 6.23. The summed E-state index contributed by atoms with van der Waals surface area (Å²) in [5.41, 5.74) is 1.87. The third kappa shape index (κ3) is 2.90.